The molecule has 2 fully saturated rings. The average Bonchev–Trinajstić information content (AvgIpc) is 2.99. The van der Waals surface area contributed by atoms with Gasteiger partial charge in [0.25, 0.3) is 0 Å². The zero-order valence-electron chi connectivity index (χ0n) is 11.9. The molecule has 0 aromatic rings. The Labute approximate surface area is 122 Å². The first kappa shape index (κ1) is 15.7. The van der Waals surface area contributed by atoms with E-state index in [2.05, 4.69) is 0 Å². The third kappa shape index (κ3) is 3.33. The van der Waals surface area contributed by atoms with Crippen molar-refractivity contribution in [2.24, 2.45) is 5.92 Å². The molecule has 3 atom stereocenters. The van der Waals surface area contributed by atoms with Gasteiger partial charge in [-0.2, -0.15) is 0 Å². The van der Waals surface area contributed by atoms with Crippen LogP contribution < -0.4 is 0 Å². The quantitative estimate of drug-likeness (QED) is 0.642. The smallest absolute Gasteiger partial charge is 0.326 e. The van der Waals surface area contributed by atoms with Crippen molar-refractivity contribution in [3.8, 4) is 0 Å². The van der Waals surface area contributed by atoms with E-state index in [-0.39, 0.29) is 37.7 Å². The highest BCUT2D eigenvalue weighted by Crippen LogP contribution is 2.25. The molecule has 2 saturated heterocycles. The zero-order chi connectivity index (χ0) is 15.6. The van der Waals surface area contributed by atoms with Crippen LogP contribution in [0.1, 0.15) is 12.8 Å². The van der Waals surface area contributed by atoms with Gasteiger partial charge in [0.15, 0.2) is 0 Å². The van der Waals surface area contributed by atoms with Crippen LogP contribution in [0.5, 0.6) is 0 Å². The van der Waals surface area contributed by atoms with Crippen LogP contribution in [0.4, 0.5) is 0 Å². The summed E-state index contributed by atoms with van der Waals surface area (Å²) in [5, 5.41) is 18.7. The molecule has 2 aliphatic rings. The predicted octanol–water partition coefficient (Wildman–Crippen LogP) is -1.47. The standard InChI is InChI=1S/C13H20N2O6/c1-21-3-2-14-6-8(4-11(14)17)12(18)15-7-9(16)5-10(15)13(19)20/h8-10,16H,2-7H2,1H3,(H,19,20)/t8?,9?,10-/m0/s1. The van der Waals surface area contributed by atoms with E-state index >= 15 is 0 Å². The normalized spacial score (nSPS) is 29.2. The van der Waals surface area contributed by atoms with E-state index in [4.69, 9.17) is 9.84 Å². The molecule has 0 aromatic carbocycles. The van der Waals surface area contributed by atoms with Crippen LogP contribution in [0.15, 0.2) is 0 Å². The van der Waals surface area contributed by atoms with Crippen LogP contribution in [0.2, 0.25) is 0 Å². The molecule has 0 spiro atoms. The number of carbonyl (C=O) groups is 3. The van der Waals surface area contributed by atoms with Gasteiger partial charge in [-0.05, 0) is 0 Å². The number of carbonyl (C=O) groups excluding carboxylic acids is 2. The van der Waals surface area contributed by atoms with Gasteiger partial charge in [-0.1, -0.05) is 0 Å². The predicted molar refractivity (Wildman–Crippen MR) is 70.3 cm³/mol. The molecule has 0 saturated carbocycles. The summed E-state index contributed by atoms with van der Waals surface area (Å²) in [5.41, 5.74) is 0. The minimum Gasteiger partial charge on any atom is -0.480 e. The molecule has 0 bridgehead atoms. The van der Waals surface area contributed by atoms with Crippen molar-refractivity contribution in [3.05, 3.63) is 0 Å². The Morgan fingerprint density at radius 3 is 2.71 bits per heavy atom. The number of carboxylic acid groups (broad SMARTS) is 1. The minimum atomic E-state index is -1.12. The highest BCUT2D eigenvalue weighted by Gasteiger charge is 2.44. The van der Waals surface area contributed by atoms with Crippen LogP contribution in [0.3, 0.4) is 0 Å². The number of nitrogens with zero attached hydrogens (tertiary/aromatic N) is 2. The topological polar surface area (TPSA) is 107 Å². The summed E-state index contributed by atoms with van der Waals surface area (Å²) in [6.07, 6.45) is -0.701. The molecule has 2 rings (SSSR count). The lowest BCUT2D eigenvalue weighted by molar-refractivity contribution is -0.149. The maximum absolute atomic E-state index is 12.4. The number of methoxy groups -OCH3 is 1. The molecule has 2 unspecified atom stereocenters. The summed E-state index contributed by atoms with van der Waals surface area (Å²) in [6.45, 7) is 1.11. The van der Waals surface area contributed by atoms with Crippen LogP contribution in [-0.2, 0) is 19.1 Å². The Balaban J connectivity index is 2.00. The summed E-state index contributed by atoms with van der Waals surface area (Å²) in [4.78, 5) is 38.1. The van der Waals surface area contributed by atoms with E-state index in [9.17, 15) is 19.5 Å². The van der Waals surface area contributed by atoms with Crippen molar-refractivity contribution in [2.75, 3.05) is 33.4 Å². The van der Waals surface area contributed by atoms with Crippen molar-refractivity contribution in [1.82, 2.24) is 9.80 Å². The second-order valence-corrected chi connectivity index (χ2v) is 5.47. The fraction of sp³-hybridized carbons (Fsp3) is 0.769. The molecule has 8 nitrogen and oxygen atoms in total. The Hall–Kier alpha value is -1.67. The first-order chi connectivity index (χ1) is 9.93. The fourth-order valence-electron chi connectivity index (χ4n) is 2.88. The van der Waals surface area contributed by atoms with E-state index in [1.165, 1.54) is 12.0 Å². The summed E-state index contributed by atoms with van der Waals surface area (Å²) >= 11 is 0. The van der Waals surface area contributed by atoms with Crippen molar-refractivity contribution in [3.63, 3.8) is 0 Å². The van der Waals surface area contributed by atoms with Crippen LogP contribution in [0.25, 0.3) is 0 Å². The second kappa shape index (κ2) is 6.40. The number of hydrogen-bond donors (Lipinski definition) is 2. The lowest BCUT2D eigenvalue weighted by atomic mass is 10.1. The Kier molecular flexibility index (Phi) is 4.79. The van der Waals surface area contributed by atoms with Gasteiger partial charge in [0.05, 0.1) is 18.6 Å². The van der Waals surface area contributed by atoms with Gasteiger partial charge in [-0.3, -0.25) is 9.59 Å². The van der Waals surface area contributed by atoms with Gasteiger partial charge < -0.3 is 24.7 Å². The van der Waals surface area contributed by atoms with Crippen LogP contribution >= 0.6 is 0 Å². The summed E-state index contributed by atoms with van der Waals surface area (Å²) < 4.78 is 4.91. The number of carboxylic acids is 1. The van der Waals surface area contributed by atoms with Gasteiger partial charge in [0.2, 0.25) is 11.8 Å². The summed E-state index contributed by atoms with van der Waals surface area (Å²) in [7, 11) is 1.53. The maximum Gasteiger partial charge on any atom is 0.326 e. The number of rotatable bonds is 5. The van der Waals surface area contributed by atoms with E-state index in [0.717, 1.165) is 0 Å². The number of aliphatic carboxylic acids is 1. The van der Waals surface area contributed by atoms with E-state index in [1.54, 1.807) is 4.90 Å². The Morgan fingerprint density at radius 2 is 2.10 bits per heavy atom. The largest absolute Gasteiger partial charge is 0.480 e. The molecule has 2 N–H and O–H groups in total. The zero-order valence-corrected chi connectivity index (χ0v) is 11.9. The fourth-order valence-corrected chi connectivity index (χ4v) is 2.88. The van der Waals surface area contributed by atoms with Crippen molar-refractivity contribution in [2.45, 2.75) is 25.0 Å². The second-order valence-electron chi connectivity index (χ2n) is 5.47. The van der Waals surface area contributed by atoms with Gasteiger partial charge in [0.1, 0.15) is 6.04 Å². The Morgan fingerprint density at radius 1 is 1.38 bits per heavy atom. The molecule has 8 heteroatoms. The van der Waals surface area contributed by atoms with Crippen LogP contribution in [0, 0.1) is 5.92 Å². The summed E-state index contributed by atoms with van der Waals surface area (Å²) in [6, 6.07) is -1.00. The molecule has 2 aliphatic heterocycles. The van der Waals surface area contributed by atoms with Gasteiger partial charge in [0, 0.05) is 39.6 Å². The SMILES string of the molecule is COCCN1CC(C(=O)N2CC(O)C[C@H]2C(=O)O)CC1=O. The first-order valence-electron chi connectivity index (χ1n) is 6.92. The monoisotopic (exact) mass is 300 g/mol. The lowest BCUT2D eigenvalue weighted by Gasteiger charge is -2.24. The summed E-state index contributed by atoms with van der Waals surface area (Å²) in [5.74, 6) is -2.16. The molecule has 21 heavy (non-hydrogen) atoms. The van der Waals surface area contributed by atoms with Gasteiger partial charge >= 0.3 is 5.97 Å². The Bertz CT molecular complexity index is 440. The van der Waals surface area contributed by atoms with Crippen LogP contribution in [-0.4, -0.2) is 83.3 Å². The average molecular weight is 300 g/mol. The highest BCUT2D eigenvalue weighted by atomic mass is 16.5. The molecule has 0 radical (unpaired) electrons. The lowest BCUT2D eigenvalue weighted by Crippen LogP contribution is -2.44. The van der Waals surface area contributed by atoms with E-state index < -0.39 is 24.0 Å². The number of ether oxygens (including phenoxy) is 1. The minimum absolute atomic E-state index is 0.0125. The first-order valence-corrected chi connectivity index (χ1v) is 6.92. The molecule has 0 aromatic heterocycles. The molecule has 0 aliphatic carbocycles. The van der Waals surface area contributed by atoms with Crippen molar-refractivity contribution in [1.29, 1.82) is 0 Å². The third-order valence-corrected chi connectivity index (χ3v) is 3.98. The maximum atomic E-state index is 12.4. The van der Waals surface area contributed by atoms with E-state index in [1.807, 2.05) is 0 Å². The number of likely N-dealkylation sites (tertiary alicyclic amines) is 2. The molecular formula is C13H20N2O6. The van der Waals surface area contributed by atoms with Crippen molar-refractivity contribution < 1.29 is 29.3 Å². The van der Waals surface area contributed by atoms with Gasteiger partial charge in [-0.15, -0.1) is 0 Å². The molecule has 2 heterocycles. The number of aliphatic hydroxyl groups excluding tert-OH is 1. The molecule has 2 amide bonds. The number of aliphatic hydroxyl groups is 1. The molecular weight excluding hydrogens is 280 g/mol. The molecule has 118 valence electrons. The van der Waals surface area contributed by atoms with Gasteiger partial charge in [-0.25, -0.2) is 4.79 Å². The number of hydrogen-bond acceptors (Lipinski definition) is 5. The number of amides is 2. The number of β-amino-alcohol motifs (C(OH)–C–C–N with tert-alkyl or cyclic N) is 1. The van der Waals surface area contributed by atoms with Crippen molar-refractivity contribution >= 4 is 17.8 Å². The van der Waals surface area contributed by atoms with E-state index in [0.29, 0.717) is 13.2 Å². The third-order valence-electron chi connectivity index (χ3n) is 3.98. The highest BCUT2D eigenvalue weighted by molar-refractivity contribution is 5.91.